The van der Waals surface area contributed by atoms with Crippen LogP contribution in [0.3, 0.4) is 0 Å². The zero-order chi connectivity index (χ0) is 11.4. The summed E-state index contributed by atoms with van der Waals surface area (Å²) in [5.41, 5.74) is 0.356. The lowest BCUT2D eigenvalue weighted by atomic mass is 10.1. The Bertz CT molecular complexity index is 402. The van der Waals surface area contributed by atoms with Crippen molar-refractivity contribution in [1.82, 2.24) is 0 Å². The zero-order valence-electron chi connectivity index (χ0n) is 7.92. The molecule has 0 aliphatic carbocycles. The van der Waals surface area contributed by atoms with Gasteiger partial charge in [0.1, 0.15) is 0 Å². The molecule has 0 unspecified atom stereocenters. The first-order valence-electron chi connectivity index (χ1n) is 4.21. The average molecular weight is 247 g/mol. The minimum Gasteiger partial charge on any atom is -0.462 e. The highest BCUT2D eigenvalue weighted by Crippen LogP contribution is 2.25. The maximum absolute atomic E-state index is 11.4. The summed E-state index contributed by atoms with van der Waals surface area (Å²) in [5.74, 6) is -0.567. The number of aldehydes is 1. The van der Waals surface area contributed by atoms with Gasteiger partial charge in [-0.25, -0.2) is 4.79 Å². The first-order valence-corrected chi connectivity index (χ1v) is 4.97. The summed E-state index contributed by atoms with van der Waals surface area (Å²) in [7, 11) is 0. The molecule has 0 heterocycles. The van der Waals surface area contributed by atoms with Crippen LogP contribution in [0.4, 0.5) is 0 Å². The van der Waals surface area contributed by atoms with E-state index in [1.807, 2.05) is 0 Å². The Morgan fingerprint density at radius 1 is 1.40 bits per heavy atom. The number of ether oxygens (including phenoxy) is 1. The fourth-order valence-corrected chi connectivity index (χ4v) is 1.53. The van der Waals surface area contributed by atoms with Gasteiger partial charge in [-0.15, -0.1) is 0 Å². The summed E-state index contributed by atoms with van der Waals surface area (Å²) in [5, 5.41) is 0.382. The second kappa shape index (κ2) is 5.14. The van der Waals surface area contributed by atoms with E-state index in [-0.39, 0.29) is 27.8 Å². The highest BCUT2D eigenvalue weighted by atomic mass is 35.5. The van der Waals surface area contributed by atoms with E-state index in [2.05, 4.69) is 0 Å². The average Bonchev–Trinajstić information content (AvgIpc) is 2.18. The Hall–Kier alpha value is -1.06. The molecule has 1 aromatic carbocycles. The second-order valence-corrected chi connectivity index (χ2v) is 3.51. The summed E-state index contributed by atoms with van der Waals surface area (Å²) >= 11 is 11.5. The van der Waals surface area contributed by atoms with Crippen LogP contribution in [0.15, 0.2) is 12.1 Å². The lowest BCUT2D eigenvalue weighted by Crippen LogP contribution is -2.06. The number of hydrogen-bond donors (Lipinski definition) is 0. The summed E-state index contributed by atoms with van der Waals surface area (Å²) in [4.78, 5) is 22.0. The summed E-state index contributed by atoms with van der Waals surface area (Å²) in [6.07, 6.45) is 0.557. The topological polar surface area (TPSA) is 43.4 Å². The molecule has 80 valence electrons. The van der Waals surface area contributed by atoms with Crippen molar-refractivity contribution in [2.24, 2.45) is 0 Å². The van der Waals surface area contributed by atoms with E-state index in [9.17, 15) is 9.59 Å². The first-order chi connectivity index (χ1) is 7.10. The van der Waals surface area contributed by atoms with Gasteiger partial charge in [0.2, 0.25) is 0 Å². The molecule has 0 amide bonds. The molecule has 0 fully saturated rings. The van der Waals surface area contributed by atoms with Crippen LogP contribution in [0, 0.1) is 0 Å². The molecule has 0 saturated heterocycles. The molecule has 0 N–H and O–H groups in total. The number of halogens is 2. The van der Waals surface area contributed by atoms with Crippen molar-refractivity contribution in [2.45, 2.75) is 6.92 Å². The summed E-state index contributed by atoms with van der Waals surface area (Å²) in [6, 6.07) is 2.66. The monoisotopic (exact) mass is 246 g/mol. The van der Waals surface area contributed by atoms with Crippen molar-refractivity contribution in [2.75, 3.05) is 6.61 Å². The minimum absolute atomic E-state index is 0.144. The Morgan fingerprint density at radius 2 is 2.07 bits per heavy atom. The van der Waals surface area contributed by atoms with Gasteiger partial charge in [0.15, 0.2) is 6.29 Å². The third-order valence-electron chi connectivity index (χ3n) is 1.71. The Labute approximate surface area is 96.9 Å². The number of hydrogen-bond acceptors (Lipinski definition) is 3. The highest BCUT2D eigenvalue weighted by molar-refractivity contribution is 6.37. The number of carbonyl (C=O) groups is 2. The number of rotatable bonds is 3. The smallest absolute Gasteiger partial charge is 0.339 e. The molecule has 3 nitrogen and oxygen atoms in total. The number of carbonyl (C=O) groups excluding carboxylic acids is 2. The molecule has 1 rings (SSSR count). The molecule has 0 atom stereocenters. The molecule has 15 heavy (non-hydrogen) atoms. The molecule has 0 spiro atoms. The molecule has 5 heteroatoms. The van der Waals surface area contributed by atoms with Crippen LogP contribution in [0.5, 0.6) is 0 Å². The number of esters is 1. The standard InChI is InChI=1S/C10H8Cl2O3/c1-2-15-10(14)7-3-6(5-13)8(11)4-9(7)12/h3-5H,2H2,1H3. The largest absolute Gasteiger partial charge is 0.462 e. The molecule has 0 radical (unpaired) electrons. The SMILES string of the molecule is CCOC(=O)c1cc(C=O)c(Cl)cc1Cl. The van der Waals surface area contributed by atoms with Crippen LogP contribution < -0.4 is 0 Å². The van der Waals surface area contributed by atoms with Gasteiger partial charge in [-0.3, -0.25) is 4.79 Å². The van der Waals surface area contributed by atoms with Gasteiger partial charge in [0.25, 0.3) is 0 Å². The van der Waals surface area contributed by atoms with E-state index < -0.39 is 5.97 Å². The van der Waals surface area contributed by atoms with Gasteiger partial charge < -0.3 is 4.74 Å². The van der Waals surface area contributed by atoms with Crippen molar-refractivity contribution in [3.8, 4) is 0 Å². The predicted molar refractivity (Wildman–Crippen MR) is 57.8 cm³/mol. The lowest BCUT2D eigenvalue weighted by molar-refractivity contribution is 0.0526. The Morgan fingerprint density at radius 3 is 2.60 bits per heavy atom. The lowest BCUT2D eigenvalue weighted by Gasteiger charge is -2.05. The van der Waals surface area contributed by atoms with Crippen molar-refractivity contribution in [3.63, 3.8) is 0 Å². The van der Waals surface area contributed by atoms with Crippen LogP contribution in [-0.2, 0) is 4.74 Å². The van der Waals surface area contributed by atoms with Gasteiger partial charge in [-0.1, -0.05) is 23.2 Å². The maximum atomic E-state index is 11.4. The van der Waals surface area contributed by atoms with E-state index in [0.717, 1.165) is 0 Å². The van der Waals surface area contributed by atoms with Crippen LogP contribution >= 0.6 is 23.2 Å². The van der Waals surface area contributed by atoms with Crippen LogP contribution in [0.2, 0.25) is 10.0 Å². The molecule has 0 aliphatic heterocycles. The zero-order valence-corrected chi connectivity index (χ0v) is 9.43. The van der Waals surface area contributed by atoms with Crippen molar-refractivity contribution in [1.29, 1.82) is 0 Å². The van der Waals surface area contributed by atoms with Crippen molar-refractivity contribution in [3.05, 3.63) is 33.3 Å². The molecular weight excluding hydrogens is 239 g/mol. The highest BCUT2D eigenvalue weighted by Gasteiger charge is 2.14. The summed E-state index contributed by atoms with van der Waals surface area (Å²) in [6.45, 7) is 1.93. The van der Waals surface area contributed by atoms with Crippen molar-refractivity contribution >= 4 is 35.5 Å². The van der Waals surface area contributed by atoms with Gasteiger partial charge in [-0.05, 0) is 19.1 Å². The van der Waals surface area contributed by atoms with Crippen LogP contribution in [0.25, 0.3) is 0 Å². The minimum atomic E-state index is -0.567. The predicted octanol–water partition coefficient (Wildman–Crippen LogP) is 2.98. The van der Waals surface area contributed by atoms with E-state index in [1.54, 1.807) is 6.92 Å². The third-order valence-corrected chi connectivity index (χ3v) is 2.35. The van der Waals surface area contributed by atoms with E-state index in [0.29, 0.717) is 6.29 Å². The normalized spacial score (nSPS) is 9.80. The van der Waals surface area contributed by atoms with E-state index in [1.165, 1.54) is 12.1 Å². The van der Waals surface area contributed by atoms with Crippen molar-refractivity contribution < 1.29 is 14.3 Å². The molecule has 0 saturated carbocycles. The molecule has 0 aromatic heterocycles. The molecular formula is C10H8Cl2O3. The van der Waals surface area contributed by atoms with Gasteiger partial charge in [0, 0.05) is 5.56 Å². The molecule has 0 bridgehead atoms. The Balaban J connectivity index is 3.18. The van der Waals surface area contributed by atoms with E-state index >= 15 is 0 Å². The number of benzene rings is 1. The Kier molecular flexibility index (Phi) is 4.12. The van der Waals surface area contributed by atoms with E-state index in [4.69, 9.17) is 27.9 Å². The summed E-state index contributed by atoms with van der Waals surface area (Å²) < 4.78 is 4.77. The van der Waals surface area contributed by atoms with Gasteiger partial charge in [0.05, 0.1) is 22.2 Å². The van der Waals surface area contributed by atoms with Crippen LogP contribution in [0.1, 0.15) is 27.6 Å². The molecule has 1 aromatic rings. The maximum Gasteiger partial charge on any atom is 0.339 e. The fraction of sp³-hybridized carbons (Fsp3) is 0.200. The second-order valence-electron chi connectivity index (χ2n) is 2.69. The quantitative estimate of drug-likeness (QED) is 0.609. The van der Waals surface area contributed by atoms with Gasteiger partial charge in [-0.2, -0.15) is 0 Å². The third kappa shape index (κ3) is 2.70. The molecule has 0 aliphatic rings. The van der Waals surface area contributed by atoms with Crippen LogP contribution in [-0.4, -0.2) is 18.9 Å². The van der Waals surface area contributed by atoms with Gasteiger partial charge >= 0.3 is 5.97 Å². The fourth-order valence-electron chi connectivity index (χ4n) is 1.02. The first kappa shape index (κ1) is 12.0.